The molecule has 2 aromatic heterocycles. The van der Waals surface area contributed by atoms with Gasteiger partial charge in [-0.05, 0) is 25.1 Å². The van der Waals surface area contributed by atoms with Crippen LogP contribution in [-0.4, -0.2) is 39.1 Å². The molecule has 0 spiro atoms. The van der Waals surface area contributed by atoms with Crippen molar-refractivity contribution < 1.29 is 14.3 Å². The van der Waals surface area contributed by atoms with E-state index in [0.29, 0.717) is 16.5 Å². The van der Waals surface area contributed by atoms with Gasteiger partial charge in [0, 0.05) is 12.4 Å². The van der Waals surface area contributed by atoms with Crippen molar-refractivity contribution in [3.8, 4) is 11.4 Å². The van der Waals surface area contributed by atoms with Crippen LogP contribution in [0.3, 0.4) is 0 Å². The Labute approximate surface area is 126 Å². The zero-order valence-electron chi connectivity index (χ0n) is 11.5. The largest absolute Gasteiger partial charge is 0.468 e. The van der Waals surface area contributed by atoms with Crippen LogP contribution in [0.4, 0.5) is 0 Å². The number of ketones is 1. The molecule has 0 saturated heterocycles. The summed E-state index contributed by atoms with van der Waals surface area (Å²) < 4.78 is 4.61. The standard InChI is InChI=1S/C14H13N3O3S/c1-9(18)12(13(19)20-2)21-14-16-8-6-11(17-14)10-5-3-4-7-15-10/h3-8,12H,1-2H3. The number of aromatic nitrogens is 3. The fourth-order valence-electron chi connectivity index (χ4n) is 1.56. The van der Waals surface area contributed by atoms with E-state index in [4.69, 9.17) is 0 Å². The first kappa shape index (κ1) is 15.1. The van der Waals surface area contributed by atoms with Crippen LogP contribution >= 0.6 is 11.8 Å². The molecule has 0 radical (unpaired) electrons. The van der Waals surface area contributed by atoms with E-state index >= 15 is 0 Å². The Kier molecular flexibility index (Phi) is 4.99. The number of pyridine rings is 1. The summed E-state index contributed by atoms with van der Waals surface area (Å²) in [4.78, 5) is 35.7. The number of hydrogen-bond donors (Lipinski definition) is 0. The number of Topliss-reactive ketones (excluding diaryl/α,β-unsaturated/α-hetero) is 1. The highest BCUT2D eigenvalue weighted by molar-refractivity contribution is 8.01. The van der Waals surface area contributed by atoms with E-state index in [2.05, 4.69) is 19.7 Å². The molecule has 0 aromatic carbocycles. The minimum atomic E-state index is -0.964. The van der Waals surface area contributed by atoms with Crippen LogP contribution in [0.25, 0.3) is 11.4 Å². The summed E-state index contributed by atoms with van der Waals surface area (Å²) in [5, 5.41) is -0.641. The predicted octanol–water partition coefficient (Wildman–Crippen LogP) is 1.76. The Hall–Kier alpha value is -2.28. The van der Waals surface area contributed by atoms with Gasteiger partial charge in [0.1, 0.15) is 0 Å². The first-order valence-electron chi connectivity index (χ1n) is 6.11. The quantitative estimate of drug-likeness (QED) is 0.360. The normalized spacial score (nSPS) is 11.7. The van der Waals surface area contributed by atoms with Crippen LogP contribution in [0.15, 0.2) is 41.8 Å². The second kappa shape index (κ2) is 6.94. The van der Waals surface area contributed by atoms with Crippen molar-refractivity contribution in [1.82, 2.24) is 15.0 Å². The number of thioether (sulfide) groups is 1. The van der Waals surface area contributed by atoms with E-state index in [9.17, 15) is 9.59 Å². The highest BCUT2D eigenvalue weighted by atomic mass is 32.2. The number of carbonyl (C=O) groups excluding carboxylic acids is 2. The predicted molar refractivity (Wildman–Crippen MR) is 77.6 cm³/mol. The van der Waals surface area contributed by atoms with E-state index in [1.54, 1.807) is 18.5 Å². The van der Waals surface area contributed by atoms with Gasteiger partial charge in [-0.25, -0.2) is 9.97 Å². The number of hydrogen-bond acceptors (Lipinski definition) is 7. The van der Waals surface area contributed by atoms with Gasteiger partial charge < -0.3 is 4.74 Å². The lowest BCUT2D eigenvalue weighted by Crippen LogP contribution is -2.26. The van der Waals surface area contributed by atoms with Crippen molar-refractivity contribution in [1.29, 1.82) is 0 Å². The van der Waals surface area contributed by atoms with Crippen molar-refractivity contribution >= 4 is 23.5 Å². The molecule has 0 aliphatic carbocycles. The molecule has 0 fully saturated rings. The van der Waals surface area contributed by atoms with E-state index in [-0.39, 0.29) is 5.78 Å². The summed E-state index contributed by atoms with van der Waals surface area (Å²) in [6.45, 7) is 1.33. The zero-order chi connectivity index (χ0) is 15.2. The lowest BCUT2D eigenvalue weighted by Gasteiger charge is -2.10. The van der Waals surface area contributed by atoms with E-state index in [1.165, 1.54) is 14.0 Å². The first-order valence-corrected chi connectivity index (χ1v) is 6.99. The number of rotatable bonds is 5. The number of carbonyl (C=O) groups is 2. The topological polar surface area (TPSA) is 82.0 Å². The third-order valence-corrected chi connectivity index (χ3v) is 3.74. The Balaban J connectivity index is 2.25. The lowest BCUT2D eigenvalue weighted by molar-refractivity contribution is -0.142. The molecule has 0 amide bonds. The van der Waals surface area contributed by atoms with Crippen molar-refractivity contribution in [3.05, 3.63) is 36.7 Å². The van der Waals surface area contributed by atoms with Gasteiger partial charge >= 0.3 is 5.97 Å². The molecule has 0 saturated carbocycles. The van der Waals surface area contributed by atoms with Gasteiger partial charge in [0.05, 0.1) is 18.5 Å². The van der Waals surface area contributed by atoms with Crippen molar-refractivity contribution in [3.63, 3.8) is 0 Å². The van der Waals surface area contributed by atoms with E-state index in [1.807, 2.05) is 18.2 Å². The van der Waals surface area contributed by atoms with Gasteiger partial charge in [-0.3, -0.25) is 14.6 Å². The summed E-state index contributed by atoms with van der Waals surface area (Å²) in [7, 11) is 1.24. The van der Waals surface area contributed by atoms with E-state index in [0.717, 1.165) is 11.8 Å². The van der Waals surface area contributed by atoms with Crippen LogP contribution in [0, 0.1) is 0 Å². The molecule has 2 rings (SSSR count). The molecule has 0 aliphatic heterocycles. The number of ether oxygens (including phenoxy) is 1. The van der Waals surface area contributed by atoms with Gasteiger partial charge in [0.15, 0.2) is 16.2 Å². The third kappa shape index (κ3) is 3.85. The average molecular weight is 303 g/mol. The Morgan fingerprint density at radius 1 is 1.14 bits per heavy atom. The van der Waals surface area contributed by atoms with Gasteiger partial charge in [-0.2, -0.15) is 0 Å². The Morgan fingerprint density at radius 2 is 1.95 bits per heavy atom. The van der Waals surface area contributed by atoms with Crippen LogP contribution in [0.1, 0.15) is 6.92 Å². The van der Waals surface area contributed by atoms with Crippen molar-refractivity contribution in [2.75, 3.05) is 7.11 Å². The van der Waals surface area contributed by atoms with Crippen LogP contribution < -0.4 is 0 Å². The molecule has 1 atom stereocenters. The molecule has 2 aromatic rings. The zero-order valence-corrected chi connectivity index (χ0v) is 12.3. The molecule has 0 N–H and O–H groups in total. The average Bonchev–Trinajstić information content (AvgIpc) is 2.53. The van der Waals surface area contributed by atoms with Crippen LogP contribution in [0.2, 0.25) is 0 Å². The monoisotopic (exact) mass is 303 g/mol. The molecular formula is C14H13N3O3S. The smallest absolute Gasteiger partial charge is 0.326 e. The Bertz CT molecular complexity index is 649. The molecular weight excluding hydrogens is 290 g/mol. The lowest BCUT2D eigenvalue weighted by atomic mass is 10.3. The van der Waals surface area contributed by atoms with Crippen LogP contribution in [-0.2, 0) is 14.3 Å². The molecule has 21 heavy (non-hydrogen) atoms. The Morgan fingerprint density at radius 3 is 2.57 bits per heavy atom. The number of methoxy groups -OCH3 is 1. The molecule has 6 nitrogen and oxygen atoms in total. The fourth-order valence-corrected chi connectivity index (χ4v) is 2.41. The van der Waals surface area contributed by atoms with Gasteiger partial charge in [-0.15, -0.1) is 0 Å². The van der Waals surface area contributed by atoms with Gasteiger partial charge in [0.2, 0.25) is 0 Å². The molecule has 0 aliphatic rings. The van der Waals surface area contributed by atoms with Gasteiger partial charge in [0.25, 0.3) is 0 Å². The van der Waals surface area contributed by atoms with Crippen molar-refractivity contribution in [2.24, 2.45) is 0 Å². The molecule has 1 unspecified atom stereocenters. The third-order valence-electron chi connectivity index (χ3n) is 2.57. The highest BCUT2D eigenvalue weighted by Gasteiger charge is 2.26. The molecule has 7 heteroatoms. The summed E-state index contributed by atoms with van der Waals surface area (Å²) >= 11 is 0.964. The second-order valence-corrected chi connectivity index (χ2v) is 5.14. The second-order valence-electron chi connectivity index (χ2n) is 4.07. The van der Waals surface area contributed by atoms with Gasteiger partial charge in [-0.1, -0.05) is 17.8 Å². The minimum absolute atomic E-state index is 0.307. The summed E-state index contributed by atoms with van der Waals surface area (Å²) in [5.41, 5.74) is 1.32. The maximum absolute atomic E-state index is 11.6. The molecule has 0 bridgehead atoms. The minimum Gasteiger partial charge on any atom is -0.468 e. The maximum Gasteiger partial charge on any atom is 0.326 e. The SMILES string of the molecule is COC(=O)C(Sc1nccc(-c2ccccn2)n1)C(C)=O. The summed E-state index contributed by atoms with van der Waals surface area (Å²) in [5.74, 6) is -0.918. The first-order chi connectivity index (χ1) is 10.1. The molecule has 108 valence electrons. The van der Waals surface area contributed by atoms with Crippen LogP contribution in [0.5, 0.6) is 0 Å². The number of nitrogens with zero attached hydrogens (tertiary/aromatic N) is 3. The highest BCUT2D eigenvalue weighted by Crippen LogP contribution is 2.23. The van der Waals surface area contributed by atoms with E-state index < -0.39 is 11.2 Å². The maximum atomic E-state index is 11.6. The fraction of sp³-hybridized carbons (Fsp3) is 0.214. The summed E-state index contributed by atoms with van der Waals surface area (Å²) in [6, 6.07) is 7.19. The molecule has 2 heterocycles. The summed E-state index contributed by atoms with van der Waals surface area (Å²) in [6.07, 6.45) is 3.23. The van der Waals surface area contributed by atoms with Crippen molar-refractivity contribution in [2.45, 2.75) is 17.3 Å². The number of esters is 1.